The van der Waals surface area contributed by atoms with Crippen molar-refractivity contribution in [2.75, 3.05) is 17.7 Å². The third kappa shape index (κ3) is 2.12. The van der Waals surface area contributed by atoms with Crippen molar-refractivity contribution in [1.82, 2.24) is 0 Å². The van der Waals surface area contributed by atoms with Crippen LogP contribution in [0, 0.1) is 12.8 Å². The van der Waals surface area contributed by atoms with Gasteiger partial charge in [-0.3, -0.25) is 0 Å². The van der Waals surface area contributed by atoms with Crippen LogP contribution in [0.4, 0.5) is 11.4 Å². The molecular formula is C14H20N2O. The maximum absolute atomic E-state index is 5.93. The standard InChI is InChI=1S/C14H20N2O/c1-9-11(15)3-2-4-12(9)16-13-7-8-17-14(13)10-5-6-10/h2-4,10,13-14,16H,5-8,15H2,1H3. The summed E-state index contributed by atoms with van der Waals surface area (Å²) in [4.78, 5) is 0. The van der Waals surface area contributed by atoms with E-state index in [1.54, 1.807) is 0 Å². The van der Waals surface area contributed by atoms with Gasteiger partial charge in [0.25, 0.3) is 0 Å². The molecule has 0 spiro atoms. The van der Waals surface area contributed by atoms with E-state index in [0.717, 1.165) is 35.9 Å². The predicted octanol–water partition coefficient (Wildman–Crippen LogP) is 2.56. The monoisotopic (exact) mass is 232 g/mol. The molecule has 2 atom stereocenters. The van der Waals surface area contributed by atoms with Crippen molar-refractivity contribution in [3.8, 4) is 0 Å². The molecule has 2 aliphatic rings. The van der Waals surface area contributed by atoms with Gasteiger partial charge in [-0.05, 0) is 49.8 Å². The lowest BCUT2D eigenvalue weighted by Gasteiger charge is -2.22. The Kier molecular flexibility index (Phi) is 2.71. The van der Waals surface area contributed by atoms with Gasteiger partial charge in [-0.15, -0.1) is 0 Å². The lowest BCUT2D eigenvalue weighted by molar-refractivity contribution is 0.0898. The highest BCUT2D eigenvalue weighted by Crippen LogP contribution is 2.40. The van der Waals surface area contributed by atoms with Crippen LogP contribution in [0.25, 0.3) is 0 Å². The topological polar surface area (TPSA) is 47.3 Å². The van der Waals surface area contributed by atoms with Crippen molar-refractivity contribution in [3.05, 3.63) is 23.8 Å². The molecule has 1 saturated heterocycles. The van der Waals surface area contributed by atoms with Gasteiger partial charge in [-0.1, -0.05) is 6.07 Å². The minimum absolute atomic E-state index is 0.413. The molecule has 1 saturated carbocycles. The smallest absolute Gasteiger partial charge is 0.0804 e. The Labute approximate surface area is 102 Å². The number of anilines is 2. The van der Waals surface area contributed by atoms with Gasteiger partial charge >= 0.3 is 0 Å². The van der Waals surface area contributed by atoms with Gasteiger partial charge in [0.2, 0.25) is 0 Å². The van der Waals surface area contributed by atoms with Crippen molar-refractivity contribution in [2.45, 2.75) is 38.3 Å². The average Bonchev–Trinajstić information content (AvgIpc) is 3.06. The second-order valence-electron chi connectivity index (χ2n) is 5.23. The molecule has 1 heterocycles. The Morgan fingerprint density at radius 1 is 1.29 bits per heavy atom. The molecule has 2 unspecified atom stereocenters. The number of rotatable bonds is 3. The molecule has 0 bridgehead atoms. The fourth-order valence-corrected chi connectivity index (χ4v) is 2.66. The van der Waals surface area contributed by atoms with Crippen molar-refractivity contribution >= 4 is 11.4 Å². The van der Waals surface area contributed by atoms with E-state index in [2.05, 4.69) is 18.3 Å². The molecule has 3 N–H and O–H groups in total. The molecule has 17 heavy (non-hydrogen) atoms. The second kappa shape index (κ2) is 4.22. The average molecular weight is 232 g/mol. The van der Waals surface area contributed by atoms with Crippen LogP contribution >= 0.6 is 0 Å². The first kappa shape index (κ1) is 10.9. The van der Waals surface area contributed by atoms with Crippen LogP contribution in [0.5, 0.6) is 0 Å². The molecule has 92 valence electrons. The van der Waals surface area contributed by atoms with E-state index in [-0.39, 0.29) is 0 Å². The number of benzene rings is 1. The van der Waals surface area contributed by atoms with Crippen molar-refractivity contribution in [1.29, 1.82) is 0 Å². The third-order valence-electron chi connectivity index (χ3n) is 3.94. The highest BCUT2D eigenvalue weighted by atomic mass is 16.5. The summed E-state index contributed by atoms with van der Waals surface area (Å²) in [5, 5.41) is 3.62. The van der Waals surface area contributed by atoms with E-state index >= 15 is 0 Å². The van der Waals surface area contributed by atoms with Crippen LogP contribution in [-0.4, -0.2) is 18.8 Å². The zero-order valence-electron chi connectivity index (χ0n) is 10.3. The molecular weight excluding hydrogens is 212 g/mol. The van der Waals surface area contributed by atoms with Crippen molar-refractivity contribution < 1.29 is 4.74 Å². The summed E-state index contributed by atoms with van der Waals surface area (Å²) in [6, 6.07) is 6.52. The SMILES string of the molecule is Cc1c(N)cccc1NC1CCOC1C1CC1. The first-order chi connectivity index (χ1) is 8.25. The number of nitrogen functional groups attached to an aromatic ring is 1. The molecule has 1 aromatic carbocycles. The lowest BCUT2D eigenvalue weighted by atomic mass is 10.0. The summed E-state index contributed by atoms with van der Waals surface area (Å²) < 4.78 is 5.84. The van der Waals surface area contributed by atoms with E-state index in [4.69, 9.17) is 10.5 Å². The van der Waals surface area contributed by atoms with Gasteiger partial charge in [-0.2, -0.15) is 0 Å². The maximum atomic E-state index is 5.93. The predicted molar refractivity (Wildman–Crippen MR) is 70.1 cm³/mol. The van der Waals surface area contributed by atoms with E-state index in [0.29, 0.717) is 12.1 Å². The number of nitrogens with one attached hydrogen (secondary N) is 1. The summed E-state index contributed by atoms with van der Waals surface area (Å²) >= 11 is 0. The highest BCUT2D eigenvalue weighted by Gasteiger charge is 2.40. The largest absolute Gasteiger partial charge is 0.398 e. The number of hydrogen-bond acceptors (Lipinski definition) is 3. The Bertz CT molecular complexity index is 415. The summed E-state index contributed by atoms with van der Waals surface area (Å²) in [7, 11) is 0. The van der Waals surface area contributed by atoms with Crippen LogP contribution in [0.3, 0.4) is 0 Å². The van der Waals surface area contributed by atoms with Crippen LogP contribution in [0.2, 0.25) is 0 Å². The minimum atomic E-state index is 0.413. The molecule has 3 nitrogen and oxygen atoms in total. The van der Waals surface area contributed by atoms with Gasteiger partial charge in [0.05, 0.1) is 12.1 Å². The normalized spacial score (nSPS) is 28.3. The van der Waals surface area contributed by atoms with E-state index in [9.17, 15) is 0 Å². The van der Waals surface area contributed by atoms with E-state index < -0.39 is 0 Å². The van der Waals surface area contributed by atoms with E-state index in [1.807, 2.05) is 12.1 Å². The van der Waals surface area contributed by atoms with Gasteiger partial charge in [0.1, 0.15) is 0 Å². The maximum Gasteiger partial charge on any atom is 0.0804 e. The molecule has 0 amide bonds. The fourth-order valence-electron chi connectivity index (χ4n) is 2.66. The first-order valence-corrected chi connectivity index (χ1v) is 6.49. The first-order valence-electron chi connectivity index (χ1n) is 6.49. The summed E-state index contributed by atoms with van der Waals surface area (Å²) in [6.45, 7) is 2.96. The number of nitrogens with two attached hydrogens (primary N) is 1. The Morgan fingerprint density at radius 3 is 2.88 bits per heavy atom. The fraction of sp³-hybridized carbons (Fsp3) is 0.571. The van der Waals surface area contributed by atoms with Gasteiger partial charge in [-0.25, -0.2) is 0 Å². The zero-order chi connectivity index (χ0) is 11.8. The molecule has 1 aliphatic heterocycles. The highest BCUT2D eigenvalue weighted by molar-refractivity contribution is 5.63. The quantitative estimate of drug-likeness (QED) is 0.787. The Balaban J connectivity index is 1.75. The summed E-state index contributed by atoms with van der Waals surface area (Å²) in [5.41, 5.74) is 9.09. The summed E-state index contributed by atoms with van der Waals surface area (Å²) in [5.74, 6) is 0.788. The Hall–Kier alpha value is -1.22. The number of ether oxygens (including phenoxy) is 1. The van der Waals surface area contributed by atoms with Gasteiger partial charge < -0.3 is 15.8 Å². The Morgan fingerprint density at radius 2 is 2.12 bits per heavy atom. The molecule has 1 aliphatic carbocycles. The van der Waals surface area contributed by atoms with Crippen LogP contribution < -0.4 is 11.1 Å². The van der Waals surface area contributed by atoms with E-state index in [1.165, 1.54) is 12.8 Å². The molecule has 0 radical (unpaired) electrons. The second-order valence-corrected chi connectivity index (χ2v) is 5.23. The molecule has 3 rings (SSSR count). The van der Waals surface area contributed by atoms with Gasteiger partial charge in [0, 0.05) is 18.0 Å². The minimum Gasteiger partial charge on any atom is -0.398 e. The van der Waals surface area contributed by atoms with Crippen molar-refractivity contribution in [2.24, 2.45) is 5.92 Å². The lowest BCUT2D eigenvalue weighted by Crippen LogP contribution is -2.31. The molecule has 1 aromatic rings. The molecule has 3 heteroatoms. The molecule has 0 aromatic heterocycles. The van der Waals surface area contributed by atoms with Crippen LogP contribution in [-0.2, 0) is 4.74 Å². The van der Waals surface area contributed by atoms with Crippen LogP contribution in [0.15, 0.2) is 18.2 Å². The number of hydrogen-bond donors (Lipinski definition) is 2. The van der Waals surface area contributed by atoms with Crippen LogP contribution in [0.1, 0.15) is 24.8 Å². The van der Waals surface area contributed by atoms with Gasteiger partial charge in [0.15, 0.2) is 0 Å². The van der Waals surface area contributed by atoms with Crippen molar-refractivity contribution in [3.63, 3.8) is 0 Å². The zero-order valence-corrected chi connectivity index (χ0v) is 10.3. The third-order valence-corrected chi connectivity index (χ3v) is 3.94. The summed E-state index contributed by atoms with van der Waals surface area (Å²) in [6.07, 6.45) is 4.18. The molecule has 2 fully saturated rings.